The molecule has 8 heteroatoms. The monoisotopic (exact) mass is 414 g/mol. The van der Waals surface area contributed by atoms with E-state index in [1.807, 2.05) is 19.1 Å². The molecular formula is C23H22N6O2. The van der Waals surface area contributed by atoms with E-state index < -0.39 is 0 Å². The minimum atomic E-state index is -0.201. The van der Waals surface area contributed by atoms with Crippen LogP contribution in [-0.4, -0.2) is 20.9 Å². The average Bonchev–Trinajstić information content (AvgIpc) is 3.63. The number of hydrogen-bond donors (Lipinski definition) is 3. The number of aryl methyl sites for hydroxylation is 1. The van der Waals surface area contributed by atoms with E-state index in [2.05, 4.69) is 26.3 Å². The predicted octanol–water partition coefficient (Wildman–Crippen LogP) is 3.24. The van der Waals surface area contributed by atoms with Gasteiger partial charge in [0.05, 0.1) is 17.3 Å². The van der Waals surface area contributed by atoms with Crippen molar-refractivity contribution < 1.29 is 4.79 Å². The summed E-state index contributed by atoms with van der Waals surface area (Å²) in [5.41, 5.74) is 9.00. The largest absolute Gasteiger partial charge is 0.383 e. The second-order valence-electron chi connectivity index (χ2n) is 8.47. The lowest BCUT2D eigenvalue weighted by Gasteiger charge is -2.15. The summed E-state index contributed by atoms with van der Waals surface area (Å²) in [4.78, 5) is 36.9. The molecule has 0 bridgehead atoms. The van der Waals surface area contributed by atoms with Crippen molar-refractivity contribution in [1.82, 2.24) is 15.0 Å². The first-order valence-corrected chi connectivity index (χ1v) is 10.4. The number of nitrogens with one attached hydrogen (secondary N) is 2. The molecule has 3 aromatic heterocycles. The summed E-state index contributed by atoms with van der Waals surface area (Å²) in [6.45, 7) is 1.88. The molecule has 2 aliphatic carbocycles. The Labute approximate surface area is 178 Å². The SMILES string of the molecule is Cc1cc[nH]c(=O)c1-c1nc(N)c2cnc(NC(=O)[C@H]3C[C@@H]3CC#N)cc2c1C1CC1. The van der Waals surface area contributed by atoms with Crippen molar-refractivity contribution in [3.05, 3.63) is 46.0 Å². The number of nitriles is 1. The van der Waals surface area contributed by atoms with Gasteiger partial charge in [-0.2, -0.15) is 5.26 Å². The van der Waals surface area contributed by atoms with Crippen molar-refractivity contribution in [3.63, 3.8) is 0 Å². The molecule has 8 nitrogen and oxygen atoms in total. The second kappa shape index (κ2) is 7.20. The molecule has 2 saturated carbocycles. The predicted molar refractivity (Wildman–Crippen MR) is 117 cm³/mol. The zero-order valence-electron chi connectivity index (χ0n) is 17.1. The number of fused-ring (bicyclic) bond motifs is 1. The van der Waals surface area contributed by atoms with E-state index in [0.29, 0.717) is 40.6 Å². The van der Waals surface area contributed by atoms with Crippen LogP contribution >= 0.6 is 0 Å². The fourth-order valence-corrected chi connectivity index (χ4v) is 4.30. The molecule has 1 amide bonds. The van der Waals surface area contributed by atoms with Gasteiger partial charge < -0.3 is 16.0 Å². The standard InChI is InChI=1S/C23H22N6O2/c1-11-5-7-26-23(31)18(11)20-19(12-2-3-12)15-9-17(27-10-16(15)21(25)29-20)28-22(30)14-8-13(14)4-6-24/h5,7,9-10,12-14H,2-4,8H2,1H3,(H2,25,29)(H,26,31)(H,27,28,30)/t13-,14-/m0/s1. The molecule has 5 rings (SSSR count). The van der Waals surface area contributed by atoms with Crippen molar-refractivity contribution in [1.29, 1.82) is 5.26 Å². The summed E-state index contributed by atoms with van der Waals surface area (Å²) in [7, 11) is 0. The van der Waals surface area contributed by atoms with Crippen molar-refractivity contribution >= 4 is 28.3 Å². The molecule has 0 unspecified atom stereocenters. The highest BCUT2D eigenvalue weighted by Crippen LogP contribution is 2.48. The van der Waals surface area contributed by atoms with E-state index in [9.17, 15) is 9.59 Å². The number of aromatic amines is 1. The van der Waals surface area contributed by atoms with E-state index >= 15 is 0 Å². The minimum absolute atomic E-state index is 0.113. The Morgan fingerprint density at radius 2 is 2.19 bits per heavy atom. The zero-order chi connectivity index (χ0) is 21.7. The topological polar surface area (TPSA) is 138 Å². The lowest BCUT2D eigenvalue weighted by atomic mass is 9.95. The van der Waals surface area contributed by atoms with Gasteiger partial charge in [0, 0.05) is 30.1 Å². The highest BCUT2D eigenvalue weighted by molar-refractivity contribution is 6.01. The molecule has 4 N–H and O–H groups in total. The fraction of sp³-hybridized carbons (Fsp3) is 0.348. The Kier molecular flexibility index (Phi) is 4.47. The van der Waals surface area contributed by atoms with E-state index in [-0.39, 0.29) is 23.3 Å². The van der Waals surface area contributed by atoms with Gasteiger partial charge in [-0.3, -0.25) is 9.59 Å². The molecule has 0 radical (unpaired) electrons. The number of hydrogen-bond acceptors (Lipinski definition) is 6. The number of pyridine rings is 3. The fourth-order valence-electron chi connectivity index (χ4n) is 4.30. The van der Waals surface area contributed by atoms with Crippen LogP contribution in [0.25, 0.3) is 22.0 Å². The number of nitrogen functional groups attached to an aromatic ring is 1. The van der Waals surface area contributed by atoms with Gasteiger partial charge in [0.25, 0.3) is 5.56 Å². The van der Waals surface area contributed by atoms with Gasteiger partial charge in [-0.05, 0) is 66.7 Å². The highest BCUT2D eigenvalue weighted by atomic mass is 16.2. The van der Waals surface area contributed by atoms with Gasteiger partial charge in [-0.25, -0.2) is 9.97 Å². The summed E-state index contributed by atoms with van der Waals surface area (Å²) in [5.74, 6) is 0.919. The highest BCUT2D eigenvalue weighted by Gasteiger charge is 2.42. The van der Waals surface area contributed by atoms with Crippen LogP contribution < -0.4 is 16.6 Å². The Morgan fingerprint density at radius 1 is 1.39 bits per heavy atom. The van der Waals surface area contributed by atoms with Gasteiger partial charge in [-0.1, -0.05) is 0 Å². The lowest BCUT2D eigenvalue weighted by Crippen LogP contribution is -2.16. The molecule has 2 fully saturated rings. The summed E-state index contributed by atoms with van der Waals surface area (Å²) in [6, 6.07) is 5.80. The number of nitrogens with two attached hydrogens (primary N) is 1. The average molecular weight is 414 g/mol. The van der Waals surface area contributed by atoms with Crippen molar-refractivity contribution in [3.8, 4) is 17.3 Å². The third-order valence-corrected chi connectivity index (χ3v) is 6.21. The Balaban J connectivity index is 1.61. The molecule has 156 valence electrons. The number of carbonyl (C=O) groups excluding carboxylic acids is 1. The number of H-pyrrole nitrogens is 1. The first kappa shape index (κ1) is 19.2. The van der Waals surface area contributed by atoms with Crippen molar-refractivity contribution in [2.45, 2.75) is 38.5 Å². The van der Waals surface area contributed by atoms with Crippen molar-refractivity contribution in [2.24, 2.45) is 11.8 Å². The molecular weight excluding hydrogens is 392 g/mol. The van der Waals surface area contributed by atoms with Crippen molar-refractivity contribution in [2.75, 3.05) is 11.1 Å². The second-order valence-corrected chi connectivity index (χ2v) is 8.47. The Bertz CT molecular complexity index is 1320. The van der Waals surface area contributed by atoms with Crippen LogP contribution in [0.4, 0.5) is 11.6 Å². The van der Waals surface area contributed by atoms with Gasteiger partial charge >= 0.3 is 0 Å². The van der Waals surface area contributed by atoms with Crippen LogP contribution in [0.2, 0.25) is 0 Å². The molecule has 0 aromatic carbocycles. The third kappa shape index (κ3) is 3.42. The van der Waals surface area contributed by atoms with E-state index in [1.165, 1.54) is 0 Å². The number of nitrogens with zero attached hydrogens (tertiary/aromatic N) is 3. The molecule has 3 aromatic rings. The van der Waals surface area contributed by atoms with Crippen LogP contribution in [0, 0.1) is 30.1 Å². The van der Waals surface area contributed by atoms with Gasteiger partial charge in [-0.15, -0.1) is 0 Å². The molecule has 0 saturated heterocycles. The van der Waals surface area contributed by atoms with Crippen LogP contribution in [0.1, 0.15) is 42.7 Å². The zero-order valence-corrected chi connectivity index (χ0v) is 17.1. The first-order chi connectivity index (χ1) is 15.0. The molecule has 0 aliphatic heterocycles. The van der Waals surface area contributed by atoms with Gasteiger partial charge in [0.15, 0.2) is 0 Å². The first-order valence-electron chi connectivity index (χ1n) is 10.4. The summed E-state index contributed by atoms with van der Waals surface area (Å²) >= 11 is 0. The summed E-state index contributed by atoms with van der Waals surface area (Å²) < 4.78 is 0. The van der Waals surface area contributed by atoms with Crippen LogP contribution in [0.15, 0.2) is 29.3 Å². The molecule has 2 aliphatic rings. The van der Waals surface area contributed by atoms with E-state index in [1.54, 1.807) is 12.4 Å². The number of rotatable bonds is 5. The molecule has 0 spiro atoms. The maximum absolute atomic E-state index is 12.6. The van der Waals surface area contributed by atoms with Crippen LogP contribution in [0.3, 0.4) is 0 Å². The van der Waals surface area contributed by atoms with Gasteiger partial charge in [0.2, 0.25) is 5.91 Å². The smallest absolute Gasteiger partial charge is 0.257 e. The number of amides is 1. The summed E-state index contributed by atoms with van der Waals surface area (Å²) in [6.07, 6.45) is 6.41. The number of anilines is 2. The molecule has 2 atom stereocenters. The Hall–Kier alpha value is -3.73. The lowest BCUT2D eigenvalue weighted by molar-refractivity contribution is -0.117. The number of carbonyl (C=O) groups is 1. The Morgan fingerprint density at radius 3 is 2.90 bits per heavy atom. The number of aromatic nitrogens is 3. The van der Waals surface area contributed by atoms with Crippen LogP contribution in [0.5, 0.6) is 0 Å². The normalized spacial score (nSPS) is 19.7. The van der Waals surface area contributed by atoms with E-state index in [4.69, 9.17) is 11.0 Å². The summed E-state index contributed by atoms with van der Waals surface area (Å²) in [5, 5.41) is 13.3. The van der Waals surface area contributed by atoms with Crippen LogP contribution in [-0.2, 0) is 4.79 Å². The third-order valence-electron chi connectivity index (χ3n) is 6.21. The minimum Gasteiger partial charge on any atom is -0.383 e. The van der Waals surface area contributed by atoms with E-state index in [0.717, 1.165) is 35.8 Å². The molecule has 31 heavy (non-hydrogen) atoms. The maximum Gasteiger partial charge on any atom is 0.257 e. The maximum atomic E-state index is 12.6. The molecule has 3 heterocycles. The quantitative estimate of drug-likeness (QED) is 0.586. The van der Waals surface area contributed by atoms with Gasteiger partial charge in [0.1, 0.15) is 11.6 Å².